The van der Waals surface area contributed by atoms with Crippen molar-refractivity contribution < 1.29 is 13.2 Å². The Morgan fingerprint density at radius 3 is 2.62 bits per heavy atom. The minimum atomic E-state index is -3.50. The van der Waals surface area contributed by atoms with Crippen LogP contribution in [0.4, 0.5) is 0 Å². The van der Waals surface area contributed by atoms with Crippen molar-refractivity contribution in [3.8, 4) is 5.75 Å². The highest BCUT2D eigenvalue weighted by molar-refractivity contribution is 7.99. The highest BCUT2D eigenvalue weighted by Gasteiger charge is 2.34. The van der Waals surface area contributed by atoms with Crippen molar-refractivity contribution in [3.05, 3.63) is 23.8 Å². The zero-order valence-corrected chi connectivity index (χ0v) is 17.4. The van der Waals surface area contributed by atoms with Gasteiger partial charge in [-0.2, -0.15) is 16.1 Å². The van der Waals surface area contributed by atoms with Crippen LogP contribution < -0.4 is 4.74 Å². The van der Waals surface area contributed by atoms with Gasteiger partial charge in [0, 0.05) is 24.9 Å². The fourth-order valence-electron chi connectivity index (χ4n) is 3.85. The lowest BCUT2D eigenvalue weighted by Gasteiger charge is -2.35. The van der Waals surface area contributed by atoms with E-state index in [2.05, 4.69) is 4.90 Å². The molecule has 0 bridgehead atoms. The molecule has 0 aliphatic carbocycles. The van der Waals surface area contributed by atoms with Crippen molar-refractivity contribution >= 4 is 21.8 Å². The Morgan fingerprint density at radius 2 is 1.92 bits per heavy atom. The molecule has 0 spiro atoms. The van der Waals surface area contributed by atoms with Crippen molar-refractivity contribution in [1.29, 1.82) is 0 Å². The van der Waals surface area contributed by atoms with Gasteiger partial charge in [-0.15, -0.1) is 0 Å². The third kappa shape index (κ3) is 4.55. The largest absolute Gasteiger partial charge is 0.496 e. The van der Waals surface area contributed by atoms with Crippen LogP contribution in [0, 0.1) is 6.92 Å². The van der Waals surface area contributed by atoms with Crippen molar-refractivity contribution in [2.45, 2.75) is 43.5 Å². The van der Waals surface area contributed by atoms with Crippen LogP contribution >= 0.6 is 11.8 Å². The van der Waals surface area contributed by atoms with Gasteiger partial charge in [0.1, 0.15) is 5.75 Å². The van der Waals surface area contributed by atoms with Gasteiger partial charge in [0.15, 0.2) is 0 Å². The predicted octanol–water partition coefficient (Wildman–Crippen LogP) is 2.99. The van der Waals surface area contributed by atoms with Crippen molar-refractivity contribution in [2.75, 3.05) is 44.8 Å². The van der Waals surface area contributed by atoms with E-state index in [1.165, 1.54) is 19.3 Å². The molecule has 3 rings (SSSR count). The fraction of sp³-hybridized carbons (Fsp3) is 0.684. The van der Waals surface area contributed by atoms with Gasteiger partial charge in [-0.05, 0) is 68.8 Å². The molecule has 2 saturated heterocycles. The van der Waals surface area contributed by atoms with Gasteiger partial charge in [-0.3, -0.25) is 0 Å². The highest BCUT2D eigenvalue weighted by Crippen LogP contribution is 2.28. The Bertz CT molecular complexity index is 703. The Kier molecular flexibility index (Phi) is 6.88. The second-order valence-corrected chi connectivity index (χ2v) is 10.2. The lowest BCUT2D eigenvalue weighted by molar-refractivity contribution is 0.183. The molecule has 26 heavy (non-hydrogen) atoms. The van der Waals surface area contributed by atoms with Gasteiger partial charge in [0.25, 0.3) is 0 Å². The minimum Gasteiger partial charge on any atom is -0.496 e. The van der Waals surface area contributed by atoms with Crippen LogP contribution in [0.15, 0.2) is 23.1 Å². The molecule has 2 aliphatic rings. The summed E-state index contributed by atoms with van der Waals surface area (Å²) in [7, 11) is -1.89. The zero-order valence-electron chi connectivity index (χ0n) is 15.8. The SMILES string of the molecule is COc1ccc(S(=O)(=O)N2CCCSCC2CN2CCCCC2)cc1C. The summed E-state index contributed by atoms with van der Waals surface area (Å²) in [5.74, 6) is 2.63. The number of sulfonamides is 1. The zero-order chi connectivity index (χ0) is 18.6. The third-order valence-corrected chi connectivity index (χ3v) is 8.42. The second-order valence-electron chi connectivity index (χ2n) is 7.19. The summed E-state index contributed by atoms with van der Waals surface area (Å²) in [5.41, 5.74) is 0.852. The first-order valence-electron chi connectivity index (χ1n) is 9.49. The summed E-state index contributed by atoms with van der Waals surface area (Å²) >= 11 is 1.88. The van der Waals surface area contributed by atoms with Gasteiger partial charge in [-0.1, -0.05) is 6.42 Å². The van der Waals surface area contributed by atoms with Crippen LogP contribution in [0.5, 0.6) is 5.75 Å². The van der Waals surface area contributed by atoms with Crippen molar-refractivity contribution in [2.24, 2.45) is 0 Å². The molecule has 146 valence electrons. The van der Waals surface area contributed by atoms with E-state index < -0.39 is 10.0 Å². The highest BCUT2D eigenvalue weighted by atomic mass is 32.2. The number of benzene rings is 1. The van der Waals surface area contributed by atoms with Crippen molar-refractivity contribution in [1.82, 2.24) is 9.21 Å². The molecule has 2 heterocycles. The number of nitrogens with zero attached hydrogens (tertiary/aromatic N) is 2. The second kappa shape index (κ2) is 8.95. The molecule has 0 aromatic heterocycles. The molecule has 0 saturated carbocycles. The van der Waals surface area contributed by atoms with Crippen LogP contribution in [-0.4, -0.2) is 68.5 Å². The molecule has 2 fully saturated rings. The number of aryl methyl sites for hydroxylation is 1. The molecule has 0 amide bonds. The van der Waals surface area contributed by atoms with E-state index in [1.807, 2.05) is 18.7 Å². The normalized spacial score (nSPS) is 23.5. The maximum Gasteiger partial charge on any atom is 0.243 e. The summed E-state index contributed by atoms with van der Waals surface area (Å²) < 4.78 is 33.9. The standard InChI is InChI=1S/C19H30N2O3S2/c1-16-13-18(7-8-19(16)24-2)26(22,23)21-11-6-12-25-15-17(21)14-20-9-4-3-5-10-20/h7-8,13,17H,3-6,9-12,14-15H2,1-2H3. The minimum absolute atomic E-state index is 0.0491. The van der Waals surface area contributed by atoms with Crippen LogP contribution in [0.1, 0.15) is 31.2 Å². The van der Waals surface area contributed by atoms with Crippen LogP contribution in [0.25, 0.3) is 0 Å². The molecular formula is C19H30N2O3S2. The van der Waals surface area contributed by atoms with Crippen molar-refractivity contribution in [3.63, 3.8) is 0 Å². The van der Waals surface area contributed by atoms with Gasteiger partial charge in [-0.25, -0.2) is 8.42 Å². The number of hydrogen-bond donors (Lipinski definition) is 0. The summed E-state index contributed by atoms with van der Waals surface area (Å²) in [6.07, 6.45) is 4.66. The maximum atomic E-state index is 13.4. The van der Waals surface area contributed by atoms with Gasteiger partial charge >= 0.3 is 0 Å². The molecule has 1 atom stereocenters. The Labute approximate surface area is 162 Å². The summed E-state index contributed by atoms with van der Waals surface area (Å²) in [5, 5.41) is 0. The predicted molar refractivity (Wildman–Crippen MR) is 108 cm³/mol. The Balaban J connectivity index is 1.84. The first-order chi connectivity index (χ1) is 12.5. The summed E-state index contributed by atoms with van der Waals surface area (Å²) in [6, 6.07) is 5.23. The molecule has 1 unspecified atom stereocenters. The number of rotatable bonds is 5. The quantitative estimate of drug-likeness (QED) is 0.763. The lowest BCUT2D eigenvalue weighted by Crippen LogP contribution is -2.49. The van der Waals surface area contributed by atoms with E-state index in [4.69, 9.17) is 4.74 Å². The molecule has 7 heteroatoms. The van der Waals surface area contributed by atoms with E-state index in [0.717, 1.165) is 48.9 Å². The molecule has 0 radical (unpaired) electrons. The van der Waals surface area contributed by atoms with Gasteiger partial charge in [0.2, 0.25) is 10.0 Å². The van der Waals surface area contributed by atoms with E-state index in [9.17, 15) is 8.42 Å². The molecule has 1 aromatic rings. The molecule has 1 aromatic carbocycles. The number of thioether (sulfide) groups is 1. The first-order valence-corrected chi connectivity index (χ1v) is 12.1. The number of methoxy groups -OCH3 is 1. The maximum absolute atomic E-state index is 13.4. The van der Waals surface area contributed by atoms with Gasteiger partial charge in [0.05, 0.1) is 12.0 Å². The van der Waals surface area contributed by atoms with E-state index in [1.54, 1.807) is 29.6 Å². The first kappa shape index (κ1) is 20.0. The Morgan fingerprint density at radius 1 is 1.15 bits per heavy atom. The van der Waals surface area contributed by atoms with E-state index in [0.29, 0.717) is 11.4 Å². The number of ether oxygens (including phenoxy) is 1. The topological polar surface area (TPSA) is 49.9 Å². The average molecular weight is 399 g/mol. The van der Waals surface area contributed by atoms with Gasteiger partial charge < -0.3 is 9.64 Å². The smallest absolute Gasteiger partial charge is 0.243 e. The van der Waals surface area contributed by atoms with E-state index in [-0.39, 0.29) is 6.04 Å². The summed E-state index contributed by atoms with van der Waals surface area (Å²) in [4.78, 5) is 2.83. The number of likely N-dealkylation sites (tertiary alicyclic amines) is 1. The van der Waals surface area contributed by atoms with Crippen LogP contribution in [0.3, 0.4) is 0 Å². The number of piperidine rings is 1. The third-order valence-electron chi connectivity index (χ3n) is 5.28. The fourth-order valence-corrected chi connectivity index (χ4v) is 6.75. The monoisotopic (exact) mass is 398 g/mol. The number of hydrogen-bond acceptors (Lipinski definition) is 5. The molecule has 5 nitrogen and oxygen atoms in total. The Hall–Kier alpha value is -0.760. The average Bonchev–Trinajstić information content (AvgIpc) is 2.88. The summed E-state index contributed by atoms with van der Waals surface area (Å²) in [6.45, 7) is 5.54. The van der Waals surface area contributed by atoms with Crippen LogP contribution in [0.2, 0.25) is 0 Å². The molecular weight excluding hydrogens is 368 g/mol. The molecule has 2 aliphatic heterocycles. The van der Waals surface area contributed by atoms with Crippen LogP contribution in [-0.2, 0) is 10.0 Å². The molecule has 0 N–H and O–H groups in total. The lowest BCUT2D eigenvalue weighted by atomic mass is 10.1. The van der Waals surface area contributed by atoms with E-state index >= 15 is 0 Å².